The van der Waals surface area contributed by atoms with Crippen molar-refractivity contribution in [2.24, 2.45) is 10.4 Å². The molecule has 1 aliphatic heterocycles. The summed E-state index contributed by atoms with van der Waals surface area (Å²) in [4.78, 5) is 8.84. The number of fused-ring (bicyclic) bond motifs is 1. The topological polar surface area (TPSA) is 37.3 Å². The molecule has 0 radical (unpaired) electrons. The van der Waals surface area contributed by atoms with E-state index in [0.717, 1.165) is 28.5 Å². The van der Waals surface area contributed by atoms with Crippen molar-refractivity contribution in [1.29, 1.82) is 0 Å². The molecule has 2 aromatic rings. The maximum atomic E-state index is 4.63. The molecular weight excluding hydrogens is 254 g/mol. The van der Waals surface area contributed by atoms with Crippen LogP contribution in [0.4, 0.5) is 5.69 Å². The molecule has 2 heterocycles. The molecule has 0 saturated heterocycles. The van der Waals surface area contributed by atoms with Crippen LogP contribution in [0.5, 0.6) is 0 Å². The molecule has 98 valence electrons. The van der Waals surface area contributed by atoms with Crippen LogP contribution in [-0.2, 0) is 0 Å². The average Bonchev–Trinajstić information content (AvgIpc) is 2.42. The van der Waals surface area contributed by atoms with Crippen molar-refractivity contribution < 1.29 is 0 Å². The Bertz CT molecular complexity index is 629. The number of anilines is 1. The molecule has 0 aliphatic carbocycles. The number of nitrogens with one attached hydrogen (secondary N) is 1. The molecule has 19 heavy (non-hydrogen) atoms. The quantitative estimate of drug-likeness (QED) is 0.857. The van der Waals surface area contributed by atoms with Crippen LogP contribution in [0.15, 0.2) is 41.7 Å². The lowest BCUT2D eigenvalue weighted by atomic mass is 9.97. The van der Waals surface area contributed by atoms with E-state index in [2.05, 4.69) is 47.3 Å². The van der Waals surface area contributed by atoms with Crippen molar-refractivity contribution in [2.45, 2.75) is 13.8 Å². The highest BCUT2D eigenvalue weighted by Crippen LogP contribution is 2.30. The van der Waals surface area contributed by atoms with Crippen LogP contribution in [0.25, 0.3) is 10.8 Å². The van der Waals surface area contributed by atoms with E-state index < -0.39 is 0 Å². The van der Waals surface area contributed by atoms with E-state index in [1.54, 1.807) is 11.8 Å². The molecule has 3 rings (SSSR count). The summed E-state index contributed by atoms with van der Waals surface area (Å²) in [5.41, 5.74) is 1.38. The maximum Gasteiger partial charge on any atom is 0.161 e. The van der Waals surface area contributed by atoms with Gasteiger partial charge in [0.05, 0.1) is 0 Å². The normalized spacial score (nSPS) is 18.1. The molecule has 1 N–H and O–H groups in total. The van der Waals surface area contributed by atoms with Crippen LogP contribution in [0.3, 0.4) is 0 Å². The van der Waals surface area contributed by atoms with Crippen molar-refractivity contribution in [3.63, 3.8) is 0 Å². The number of benzene rings is 1. The van der Waals surface area contributed by atoms with Gasteiger partial charge in [-0.15, -0.1) is 0 Å². The number of pyridine rings is 1. The van der Waals surface area contributed by atoms with Gasteiger partial charge in [-0.2, -0.15) is 0 Å². The standard InChI is InChI=1S/C15H17N3S/c1-15(2)9-17-14(19-10-15)18-13-5-3-4-11-6-7-16-8-12(11)13/h3-8H,9-10H2,1-2H3,(H,17,18). The molecule has 1 aromatic carbocycles. The summed E-state index contributed by atoms with van der Waals surface area (Å²) in [5, 5.41) is 6.78. The van der Waals surface area contributed by atoms with Crippen LogP contribution >= 0.6 is 11.8 Å². The van der Waals surface area contributed by atoms with E-state index >= 15 is 0 Å². The molecule has 1 aromatic heterocycles. The van der Waals surface area contributed by atoms with E-state index in [0.29, 0.717) is 5.41 Å². The van der Waals surface area contributed by atoms with Gasteiger partial charge in [0.15, 0.2) is 5.17 Å². The fourth-order valence-electron chi connectivity index (χ4n) is 2.05. The van der Waals surface area contributed by atoms with Gasteiger partial charge in [-0.1, -0.05) is 37.7 Å². The maximum absolute atomic E-state index is 4.63. The monoisotopic (exact) mass is 271 g/mol. The molecule has 3 nitrogen and oxygen atoms in total. The number of aliphatic imine (C=N–C) groups is 1. The van der Waals surface area contributed by atoms with Crippen LogP contribution in [0.1, 0.15) is 13.8 Å². The van der Waals surface area contributed by atoms with Crippen molar-refractivity contribution in [1.82, 2.24) is 4.98 Å². The molecule has 0 spiro atoms. The smallest absolute Gasteiger partial charge is 0.161 e. The minimum atomic E-state index is 0.302. The first-order valence-electron chi connectivity index (χ1n) is 6.41. The molecule has 0 unspecified atom stereocenters. The molecule has 0 saturated carbocycles. The summed E-state index contributed by atoms with van der Waals surface area (Å²) in [7, 11) is 0. The second-order valence-electron chi connectivity index (χ2n) is 5.60. The molecule has 0 bridgehead atoms. The van der Waals surface area contributed by atoms with Crippen LogP contribution in [0, 0.1) is 5.41 Å². The highest BCUT2D eigenvalue weighted by atomic mass is 32.2. The van der Waals surface area contributed by atoms with Gasteiger partial charge in [-0.3, -0.25) is 9.98 Å². The third kappa shape index (κ3) is 2.73. The highest BCUT2D eigenvalue weighted by molar-refractivity contribution is 8.14. The SMILES string of the molecule is CC1(C)CN=C(Nc2cccc3ccncc23)SC1. The number of thioether (sulfide) groups is 1. The van der Waals surface area contributed by atoms with Gasteiger partial charge in [-0.05, 0) is 22.9 Å². The van der Waals surface area contributed by atoms with Gasteiger partial charge in [0.25, 0.3) is 0 Å². The largest absolute Gasteiger partial charge is 0.334 e. The fraction of sp³-hybridized carbons (Fsp3) is 0.333. The number of aromatic nitrogens is 1. The number of amidine groups is 1. The van der Waals surface area contributed by atoms with Crippen molar-refractivity contribution in [3.05, 3.63) is 36.7 Å². The number of hydrogen-bond acceptors (Lipinski definition) is 4. The number of rotatable bonds is 1. The summed E-state index contributed by atoms with van der Waals surface area (Å²) in [6.07, 6.45) is 3.72. The molecule has 0 fully saturated rings. The zero-order valence-corrected chi connectivity index (χ0v) is 12.0. The Hall–Kier alpha value is -1.55. The van der Waals surface area contributed by atoms with Gasteiger partial charge in [0, 0.05) is 35.8 Å². The lowest BCUT2D eigenvalue weighted by molar-refractivity contribution is 0.438. The Labute approximate surface area is 117 Å². The van der Waals surface area contributed by atoms with E-state index in [1.165, 1.54) is 5.39 Å². The fourth-order valence-corrected chi connectivity index (χ4v) is 3.01. The molecule has 4 heteroatoms. The summed E-state index contributed by atoms with van der Waals surface area (Å²) in [5.74, 6) is 1.10. The summed E-state index contributed by atoms with van der Waals surface area (Å²) in [6, 6.07) is 8.26. The Kier molecular flexibility index (Phi) is 3.19. The summed E-state index contributed by atoms with van der Waals surface area (Å²) < 4.78 is 0. The highest BCUT2D eigenvalue weighted by Gasteiger charge is 2.23. The van der Waals surface area contributed by atoms with Gasteiger partial charge >= 0.3 is 0 Å². The molecular formula is C15H17N3S. The van der Waals surface area contributed by atoms with Gasteiger partial charge in [0.2, 0.25) is 0 Å². The second kappa shape index (κ2) is 4.85. The van der Waals surface area contributed by atoms with E-state index in [9.17, 15) is 0 Å². The minimum absolute atomic E-state index is 0.302. The first-order chi connectivity index (χ1) is 9.14. The third-order valence-electron chi connectivity index (χ3n) is 3.18. The summed E-state index contributed by atoms with van der Waals surface area (Å²) in [6.45, 7) is 5.38. The average molecular weight is 271 g/mol. The zero-order chi connectivity index (χ0) is 13.3. The van der Waals surface area contributed by atoms with E-state index in [1.807, 2.05) is 18.5 Å². The molecule has 0 atom stereocenters. The Morgan fingerprint density at radius 1 is 1.26 bits per heavy atom. The van der Waals surface area contributed by atoms with Gasteiger partial charge in [-0.25, -0.2) is 0 Å². The first kappa shape index (κ1) is 12.5. The first-order valence-corrected chi connectivity index (χ1v) is 7.40. The predicted molar refractivity (Wildman–Crippen MR) is 83.9 cm³/mol. The third-order valence-corrected chi connectivity index (χ3v) is 4.61. The van der Waals surface area contributed by atoms with Crippen LogP contribution < -0.4 is 5.32 Å². The van der Waals surface area contributed by atoms with Crippen molar-refractivity contribution in [2.75, 3.05) is 17.6 Å². The van der Waals surface area contributed by atoms with Gasteiger partial charge < -0.3 is 5.32 Å². The Morgan fingerprint density at radius 2 is 2.16 bits per heavy atom. The number of hydrogen-bond donors (Lipinski definition) is 1. The van der Waals surface area contributed by atoms with Crippen molar-refractivity contribution in [3.8, 4) is 0 Å². The summed E-state index contributed by atoms with van der Waals surface area (Å²) >= 11 is 1.79. The Balaban J connectivity index is 1.88. The lowest BCUT2D eigenvalue weighted by Crippen LogP contribution is -2.27. The predicted octanol–water partition coefficient (Wildman–Crippen LogP) is 3.78. The van der Waals surface area contributed by atoms with E-state index in [4.69, 9.17) is 0 Å². The molecule has 0 amide bonds. The van der Waals surface area contributed by atoms with Crippen molar-refractivity contribution >= 4 is 33.4 Å². The lowest BCUT2D eigenvalue weighted by Gasteiger charge is -2.27. The second-order valence-corrected chi connectivity index (χ2v) is 6.57. The zero-order valence-electron chi connectivity index (χ0n) is 11.2. The minimum Gasteiger partial charge on any atom is -0.334 e. The van der Waals surface area contributed by atoms with Gasteiger partial charge in [0.1, 0.15) is 0 Å². The number of nitrogens with zero attached hydrogens (tertiary/aromatic N) is 2. The van der Waals surface area contributed by atoms with E-state index in [-0.39, 0.29) is 0 Å². The molecule has 1 aliphatic rings. The van der Waals surface area contributed by atoms with Crippen LogP contribution in [-0.4, -0.2) is 22.4 Å². The van der Waals surface area contributed by atoms with Crippen LogP contribution in [0.2, 0.25) is 0 Å². The Morgan fingerprint density at radius 3 is 2.95 bits per heavy atom.